The van der Waals surface area contributed by atoms with Crippen LogP contribution in [-0.4, -0.2) is 112 Å². The summed E-state index contributed by atoms with van der Waals surface area (Å²) in [5, 5.41) is 44.7. The molecule has 24 heavy (non-hydrogen) atoms. The number of aliphatic hydroxyl groups excluding tert-OH is 1. The second-order valence-electron chi connectivity index (χ2n) is 4.51. The molecule has 0 atom stereocenters. The van der Waals surface area contributed by atoms with Crippen LogP contribution in [0.15, 0.2) is 0 Å². The number of aliphatic carboxylic acids is 4. The number of nitrogens with zero attached hydrogens (tertiary/aromatic N) is 2. The van der Waals surface area contributed by atoms with E-state index in [0.717, 1.165) is 9.80 Å². The Balaban J connectivity index is 0. The number of aliphatic hydroxyl groups is 1. The van der Waals surface area contributed by atoms with Gasteiger partial charge in [-0.1, -0.05) is 0 Å². The zero-order valence-electron chi connectivity index (χ0n) is 13.2. The van der Waals surface area contributed by atoms with Gasteiger partial charge < -0.3 is 25.5 Å². The highest BCUT2D eigenvalue weighted by Gasteiger charge is 2.17. The van der Waals surface area contributed by atoms with Crippen molar-refractivity contribution in [2.45, 2.75) is 0 Å². The van der Waals surface area contributed by atoms with Gasteiger partial charge in [0.25, 0.3) is 0 Å². The Morgan fingerprint density at radius 2 is 0.917 bits per heavy atom. The summed E-state index contributed by atoms with van der Waals surface area (Å²) in [5.74, 6) is -4.91. The smallest absolute Gasteiger partial charge is 0.317 e. The maximum Gasteiger partial charge on any atom is 0.317 e. The van der Waals surface area contributed by atoms with Crippen molar-refractivity contribution in [2.24, 2.45) is 0 Å². The van der Waals surface area contributed by atoms with Crippen LogP contribution in [0.25, 0.3) is 0 Å². The molecule has 0 fully saturated rings. The number of hydrogen-bond acceptors (Lipinski definition) is 8. The first-order valence-electron chi connectivity index (χ1n) is 6.69. The summed E-state index contributed by atoms with van der Waals surface area (Å²) >= 11 is 0. The maximum absolute atomic E-state index is 10.6. The van der Waals surface area contributed by atoms with Crippen LogP contribution in [0.3, 0.4) is 0 Å². The molecular weight excluding hydrogens is 330 g/mol. The highest BCUT2D eigenvalue weighted by atomic mass is 16.4. The Kier molecular flexibility index (Phi) is 14.3. The van der Waals surface area contributed by atoms with Gasteiger partial charge in [0.1, 0.15) is 0 Å². The molecule has 6 N–H and O–H groups in total. The minimum absolute atomic E-state index is 0.0694. The van der Waals surface area contributed by atoms with E-state index in [2.05, 4.69) is 5.32 Å². The lowest BCUT2D eigenvalue weighted by Gasteiger charge is -2.23. The van der Waals surface area contributed by atoms with Crippen LogP contribution >= 0.6 is 0 Å². The predicted octanol–water partition coefficient (Wildman–Crippen LogP) is -2.92. The first-order valence-corrected chi connectivity index (χ1v) is 6.69. The molecule has 0 aliphatic rings. The summed E-state index contributed by atoms with van der Waals surface area (Å²) in [7, 11) is 1.68. The fourth-order valence-corrected chi connectivity index (χ4v) is 1.48. The molecule has 0 unspecified atom stereocenters. The summed E-state index contributed by atoms with van der Waals surface area (Å²) in [6.45, 7) is -2.18. The SMILES string of the molecule is CNCO.O=C(O)CN(CCN(CC(=O)O)CC(=O)O)CC(=O)O. The lowest BCUT2D eigenvalue weighted by Crippen LogP contribution is -2.43. The third-order valence-electron chi connectivity index (χ3n) is 2.33. The van der Waals surface area contributed by atoms with E-state index in [4.69, 9.17) is 25.5 Å². The molecule has 0 radical (unpaired) electrons. The van der Waals surface area contributed by atoms with E-state index in [1.807, 2.05) is 0 Å². The van der Waals surface area contributed by atoms with Crippen LogP contribution in [0.5, 0.6) is 0 Å². The number of rotatable bonds is 12. The van der Waals surface area contributed by atoms with Gasteiger partial charge in [-0.2, -0.15) is 0 Å². The fourth-order valence-electron chi connectivity index (χ4n) is 1.48. The molecule has 140 valence electrons. The van der Waals surface area contributed by atoms with Crippen LogP contribution in [0.4, 0.5) is 0 Å². The third-order valence-corrected chi connectivity index (χ3v) is 2.33. The summed E-state index contributed by atoms with van der Waals surface area (Å²) in [6.07, 6.45) is 0. The Morgan fingerprint density at radius 1 is 0.708 bits per heavy atom. The zero-order chi connectivity index (χ0) is 19.1. The highest BCUT2D eigenvalue weighted by Crippen LogP contribution is 1.94. The van der Waals surface area contributed by atoms with Gasteiger partial charge in [-0.3, -0.25) is 34.3 Å². The summed E-state index contributed by atoms with van der Waals surface area (Å²) < 4.78 is 0. The molecule has 0 rings (SSSR count). The lowest BCUT2D eigenvalue weighted by molar-refractivity contribution is -0.145. The van der Waals surface area contributed by atoms with Gasteiger partial charge in [0.2, 0.25) is 0 Å². The molecule has 0 aromatic carbocycles. The van der Waals surface area contributed by atoms with Crippen molar-refractivity contribution in [3.05, 3.63) is 0 Å². The van der Waals surface area contributed by atoms with Crippen LogP contribution in [0.2, 0.25) is 0 Å². The average molecular weight is 353 g/mol. The van der Waals surface area contributed by atoms with Crippen molar-refractivity contribution in [1.29, 1.82) is 0 Å². The van der Waals surface area contributed by atoms with Crippen LogP contribution in [0, 0.1) is 0 Å². The second kappa shape index (κ2) is 14.3. The third kappa shape index (κ3) is 17.8. The molecule has 0 saturated carbocycles. The van der Waals surface area contributed by atoms with Crippen molar-refractivity contribution < 1.29 is 44.7 Å². The second-order valence-corrected chi connectivity index (χ2v) is 4.51. The van der Waals surface area contributed by atoms with Gasteiger partial charge in [0.15, 0.2) is 0 Å². The van der Waals surface area contributed by atoms with E-state index in [9.17, 15) is 19.2 Å². The van der Waals surface area contributed by atoms with Gasteiger partial charge in [0.05, 0.1) is 32.9 Å². The van der Waals surface area contributed by atoms with Crippen molar-refractivity contribution in [3.8, 4) is 0 Å². The Labute approximate surface area is 137 Å². The molecule has 0 bridgehead atoms. The lowest BCUT2D eigenvalue weighted by atomic mass is 10.4. The first kappa shape index (κ1) is 24.0. The van der Waals surface area contributed by atoms with E-state index in [0.29, 0.717) is 0 Å². The number of carboxylic acid groups (broad SMARTS) is 4. The summed E-state index contributed by atoms with van der Waals surface area (Å²) in [4.78, 5) is 44.4. The Bertz CT molecular complexity index is 347. The minimum atomic E-state index is -1.23. The monoisotopic (exact) mass is 353 g/mol. The van der Waals surface area contributed by atoms with Crippen molar-refractivity contribution in [3.63, 3.8) is 0 Å². The van der Waals surface area contributed by atoms with E-state index in [1.54, 1.807) is 7.05 Å². The van der Waals surface area contributed by atoms with Crippen LogP contribution in [0.1, 0.15) is 0 Å². The van der Waals surface area contributed by atoms with E-state index in [-0.39, 0.29) is 19.8 Å². The van der Waals surface area contributed by atoms with Crippen LogP contribution in [-0.2, 0) is 19.2 Å². The average Bonchev–Trinajstić information content (AvgIpc) is 2.42. The number of hydrogen-bond donors (Lipinski definition) is 6. The molecule has 0 saturated heterocycles. The summed E-state index contributed by atoms with van der Waals surface area (Å²) in [5.41, 5.74) is 0. The quantitative estimate of drug-likeness (QED) is 0.196. The molecule has 0 aliphatic carbocycles. The van der Waals surface area contributed by atoms with Gasteiger partial charge in [-0.15, -0.1) is 0 Å². The van der Waals surface area contributed by atoms with Gasteiger partial charge in [0, 0.05) is 13.1 Å². The van der Waals surface area contributed by atoms with Crippen LogP contribution < -0.4 is 5.32 Å². The van der Waals surface area contributed by atoms with Crippen molar-refractivity contribution >= 4 is 23.9 Å². The van der Waals surface area contributed by atoms with Crippen molar-refractivity contribution in [1.82, 2.24) is 15.1 Å². The molecule has 0 aromatic rings. The zero-order valence-corrected chi connectivity index (χ0v) is 13.2. The largest absolute Gasteiger partial charge is 0.480 e. The maximum atomic E-state index is 10.6. The van der Waals surface area contributed by atoms with E-state index >= 15 is 0 Å². The topological polar surface area (TPSA) is 188 Å². The molecular formula is C12H23N3O9. The first-order chi connectivity index (χ1) is 11.1. The summed E-state index contributed by atoms with van der Waals surface area (Å²) in [6, 6.07) is 0. The number of carbonyl (C=O) groups is 4. The molecule has 0 spiro atoms. The minimum Gasteiger partial charge on any atom is -0.480 e. The Hall–Kier alpha value is -2.28. The normalized spacial score (nSPS) is 10.2. The standard InChI is InChI=1S/C10H16N2O8.C2H7NO/c13-7(14)3-11(4-8(15)16)1-2-12(5-9(17)18)6-10(19)20;1-3-2-4/h1-6H2,(H,13,14)(H,15,16)(H,17,18)(H,19,20);3-4H,2H2,1H3. The van der Waals surface area contributed by atoms with Gasteiger partial charge in [-0.25, -0.2) is 0 Å². The number of carboxylic acids is 4. The van der Waals surface area contributed by atoms with Gasteiger partial charge in [-0.05, 0) is 7.05 Å². The molecule has 0 aliphatic heterocycles. The molecule has 0 heterocycles. The molecule has 0 amide bonds. The number of nitrogens with one attached hydrogen (secondary N) is 1. The van der Waals surface area contributed by atoms with E-state index < -0.39 is 50.1 Å². The molecule has 12 heteroatoms. The Morgan fingerprint density at radius 3 is 1.04 bits per heavy atom. The van der Waals surface area contributed by atoms with E-state index in [1.165, 1.54) is 0 Å². The van der Waals surface area contributed by atoms with Gasteiger partial charge >= 0.3 is 23.9 Å². The highest BCUT2D eigenvalue weighted by molar-refractivity contribution is 5.73. The molecule has 0 aromatic heterocycles. The van der Waals surface area contributed by atoms with Crippen molar-refractivity contribution in [2.75, 3.05) is 53.0 Å². The molecule has 12 nitrogen and oxygen atoms in total. The predicted molar refractivity (Wildman–Crippen MR) is 79.6 cm³/mol. The fraction of sp³-hybridized carbons (Fsp3) is 0.667.